The zero-order chi connectivity index (χ0) is 16.4. The van der Waals surface area contributed by atoms with Crippen molar-refractivity contribution in [2.24, 2.45) is 0 Å². The molecule has 0 spiro atoms. The summed E-state index contributed by atoms with van der Waals surface area (Å²) in [5.41, 5.74) is 1.90. The van der Waals surface area contributed by atoms with Crippen LogP contribution in [0, 0.1) is 3.57 Å². The van der Waals surface area contributed by atoms with E-state index in [1.54, 1.807) is 31.6 Å². The van der Waals surface area contributed by atoms with E-state index in [0.29, 0.717) is 17.1 Å². The Balaban J connectivity index is 1.93. The molecule has 1 aliphatic heterocycles. The summed E-state index contributed by atoms with van der Waals surface area (Å²) >= 11 is 3.86. The van der Waals surface area contributed by atoms with Crippen LogP contribution in [-0.2, 0) is 0 Å². The monoisotopic (exact) mass is 443 g/mol. The van der Waals surface area contributed by atoms with Gasteiger partial charge in [-0.3, -0.25) is 4.79 Å². The molecule has 1 aliphatic rings. The number of thiophene rings is 1. The van der Waals surface area contributed by atoms with Crippen LogP contribution in [0.4, 0.5) is 0 Å². The van der Waals surface area contributed by atoms with Crippen molar-refractivity contribution in [3.05, 3.63) is 43.7 Å². The van der Waals surface area contributed by atoms with Crippen LogP contribution in [0.15, 0.2) is 29.0 Å². The van der Waals surface area contributed by atoms with Crippen molar-refractivity contribution in [2.75, 3.05) is 20.8 Å². The summed E-state index contributed by atoms with van der Waals surface area (Å²) in [5, 5.41) is 4.20. The standard InChI is InChI=1S/C17H18INO3S/c1-21-15-8-12(13(18)9-16(15)22-2)17(20)19-6-3-4-14(19)11-5-7-23-10-11/h5,7-10,14H,3-4,6H2,1-2H3. The highest BCUT2D eigenvalue weighted by molar-refractivity contribution is 14.1. The van der Waals surface area contributed by atoms with Gasteiger partial charge in [0.2, 0.25) is 0 Å². The number of hydrogen-bond acceptors (Lipinski definition) is 4. The number of ether oxygens (including phenoxy) is 2. The Labute approximate surface area is 153 Å². The van der Waals surface area contributed by atoms with Crippen molar-refractivity contribution in [3.8, 4) is 11.5 Å². The van der Waals surface area contributed by atoms with Crippen molar-refractivity contribution in [3.63, 3.8) is 0 Å². The predicted octanol–water partition coefficient (Wildman–Crippen LogP) is 4.35. The van der Waals surface area contributed by atoms with Crippen LogP contribution >= 0.6 is 33.9 Å². The lowest BCUT2D eigenvalue weighted by atomic mass is 10.1. The molecule has 23 heavy (non-hydrogen) atoms. The maximum Gasteiger partial charge on any atom is 0.255 e. The van der Waals surface area contributed by atoms with Crippen LogP contribution in [0.2, 0.25) is 0 Å². The second-order valence-electron chi connectivity index (χ2n) is 5.40. The normalized spacial score (nSPS) is 17.3. The summed E-state index contributed by atoms with van der Waals surface area (Å²) in [4.78, 5) is 15.0. The van der Waals surface area contributed by atoms with E-state index in [1.165, 1.54) is 5.56 Å². The van der Waals surface area contributed by atoms with Gasteiger partial charge in [0.1, 0.15) is 0 Å². The molecule has 2 heterocycles. The second kappa shape index (κ2) is 7.09. The fraction of sp³-hybridized carbons (Fsp3) is 0.353. The average molecular weight is 443 g/mol. The van der Waals surface area contributed by atoms with Crippen LogP contribution in [0.5, 0.6) is 11.5 Å². The summed E-state index contributed by atoms with van der Waals surface area (Å²) in [6, 6.07) is 5.92. The fourth-order valence-electron chi connectivity index (χ4n) is 2.99. The number of nitrogens with zero attached hydrogens (tertiary/aromatic N) is 1. The molecular formula is C17H18INO3S. The number of benzene rings is 1. The minimum absolute atomic E-state index is 0.0593. The first kappa shape index (κ1) is 16.6. The molecule has 2 aromatic rings. The molecule has 1 unspecified atom stereocenters. The van der Waals surface area contributed by atoms with Crippen molar-refractivity contribution in [1.82, 2.24) is 4.90 Å². The molecule has 0 bridgehead atoms. The Bertz CT molecular complexity index is 702. The van der Waals surface area contributed by atoms with E-state index in [4.69, 9.17) is 9.47 Å². The number of carbonyl (C=O) groups excluding carboxylic acids is 1. The lowest BCUT2D eigenvalue weighted by molar-refractivity contribution is 0.0734. The first-order valence-electron chi connectivity index (χ1n) is 7.40. The van der Waals surface area contributed by atoms with Crippen molar-refractivity contribution < 1.29 is 14.3 Å². The van der Waals surface area contributed by atoms with Gasteiger partial charge in [0, 0.05) is 10.1 Å². The first-order chi connectivity index (χ1) is 11.2. The van der Waals surface area contributed by atoms with Crippen LogP contribution in [0.25, 0.3) is 0 Å². The molecule has 0 N–H and O–H groups in total. The van der Waals surface area contributed by atoms with Crippen molar-refractivity contribution in [2.45, 2.75) is 18.9 Å². The molecule has 1 fully saturated rings. The van der Waals surface area contributed by atoms with E-state index in [0.717, 1.165) is 23.0 Å². The van der Waals surface area contributed by atoms with E-state index in [9.17, 15) is 4.79 Å². The third-order valence-corrected chi connectivity index (χ3v) is 5.74. The number of methoxy groups -OCH3 is 2. The van der Waals surface area contributed by atoms with Gasteiger partial charge in [-0.1, -0.05) is 0 Å². The average Bonchev–Trinajstić information content (AvgIpc) is 3.24. The third-order valence-electron chi connectivity index (χ3n) is 4.15. The van der Waals surface area contributed by atoms with Gasteiger partial charge in [-0.2, -0.15) is 11.3 Å². The van der Waals surface area contributed by atoms with Crippen LogP contribution in [-0.4, -0.2) is 31.6 Å². The molecule has 1 aromatic carbocycles. The molecular weight excluding hydrogens is 425 g/mol. The molecule has 122 valence electrons. The Kier molecular flexibility index (Phi) is 5.11. The van der Waals surface area contributed by atoms with Crippen LogP contribution in [0.1, 0.15) is 34.8 Å². The van der Waals surface area contributed by atoms with Gasteiger partial charge in [-0.25, -0.2) is 0 Å². The number of rotatable bonds is 4. The van der Waals surface area contributed by atoms with E-state index < -0.39 is 0 Å². The first-order valence-corrected chi connectivity index (χ1v) is 9.42. The number of likely N-dealkylation sites (tertiary alicyclic amines) is 1. The van der Waals surface area contributed by atoms with E-state index >= 15 is 0 Å². The van der Waals surface area contributed by atoms with E-state index in [2.05, 4.69) is 39.4 Å². The largest absolute Gasteiger partial charge is 0.493 e. The summed E-state index contributed by atoms with van der Waals surface area (Å²) in [7, 11) is 3.19. The van der Waals surface area contributed by atoms with E-state index in [-0.39, 0.29) is 11.9 Å². The molecule has 1 aromatic heterocycles. The smallest absolute Gasteiger partial charge is 0.255 e. The van der Waals surface area contributed by atoms with Crippen LogP contribution in [0.3, 0.4) is 0 Å². The second-order valence-corrected chi connectivity index (χ2v) is 7.34. The van der Waals surface area contributed by atoms with Gasteiger partial charge in [0.25, 0.3) is 5.91 Å². The van der Waals surface area contributed by atoms with Crippen LogP contribution < -0.4 is 9.47 Å². The molecule has 1 saturated heterocycles. The molecule has 0 aliphatic carbocycles. The number of hydrogen-bond donors (Lipinski definition) is 0. The van der Waals surface area contributed by atoms with Crippen molar-refractivity contribution in [1.29, 1.82) is 0 Å². The number of carbonyl (C=O) groups is 1. The molecule has 6 heteroatoms. The van der Waals surface area contributed by atoms with E-state index in [1.807, 2.05) is 11.0 Å². The quantitative estimate of drug-likeness (QED) is 0.660. The van der Waals surface area contributed by atoms with Gasteiger partial charge in [0.05, 0.1) is 25.8 Å². The fourth-order valence-corrected chi connectivity index (χ4v) is 4.37. The zero-order valence-corrected chi connectivity index (χ0v) is 16.0. The summed E-state index contributed by atoms with van der Waals surface area (Å²) in [6.45, 7) is 0.795. The highest BCUT2D eigenvalue weighted by Gasteiger charge is 2.32. The Morgan fingerprint density at radius 2 is 2.04 bits per heavy atom. The lowest BCUT2D eigenvalue weighted by Gasteiger charge is -2.25. The molecule has 3 rings (SSSR count). The lowest BCUT2D eigenvalue weighted by Crippen LogP contribution is -2.31. The van der Waals surface area contributed by atoms with Crippen molar-refractivity contribution >= 4 is 39.8 Å². The molecule has 0 saturated carbocycles. The molecule has 0 radical (unpaired) electrons. The summed E-state index contributed by atoms with van der Waals surface area (Å²) < 4.78 is 11.5. The highest BCUT2D eigenvalue weighted by Crippen LogP contribution is 2.37. The summed E-state index contributed by atoms with van der Waals surface area (Å²) in [6.07, 6.45) is 2.06. The zero-order valence-electron chi connectivity index (χ0n) is 13.0. The predicted molar refractivity (Wildman–Crippen MR) is 99.6 cm³/mol. The third kappa shape index (κ3) is 3.19. The van der Waals surface area contributed by atoms with Gasteiger partial charge in [-0.05, 0) is 70.0 Å². The topological polar surface area (TPSA) is 38.8 Å². The van der Waals surface area contributed by atoms with Gasteiger partial charge in [0.15, 0.2) is 11.5 Å². The van der Waals surface area contributed by atoms with Gasteiger partial charge in [-0.15, -0.1) is 0 Å². The summed E-state index contributed by atoms with van der Waals surface area (Å²) in [5.74, 6) is 1.29. The number of halogens is 1. The SMILES string of the molecule is COc1cc(I)c(C(=O)N2CCCC2c2ccsc2)cc1OC. The Morgan fingerprint density at radius 3 is 2.70 bits per heavy atom. The molecule has 1 atom stereocenters. The minimum atomic E-state index is 0.0593. The minimum Gasteiger partial charge on any atom is -0.493 e. The molecule has 4 nitrogen and oxygen atoms in total. The Hall–Kier alpha value is -1.28. The highest BCUT2D eigenvalue weighted by atomic mass is 127. The maximum atomic E-state index is 13.1. The van der Waals surface area contributed by atoms with Gasteiger partial charge < -0.3 is 14.4 Å². The molecule has 1 amide bonds. The Morgan fingerprint density at radius 1 is 1.30 bits per heavy atom. The van der Waals surface area contributed by atoms with Gasteiger partial charge >= 0.3 is 0 Å². The number of amides is 1. The maximum absolute atomic E-state index is 13.1.